The van der Waals surface area contributed by atoms with Crippen LogP contribution in [0, 0.1) is 20.2 Å². The third kappa shape index (κ3) is 11.6. The minimum Gasteiger partial charge on any atom is -0.457 e. The average molecular weight is 873 g/mol. The molecular formula is C37H41ClN8O15. The van der Waals surface area contributed by atoms with E-state index in [0.29, 0.717) is 18.1 Å². The maximum absolute atomic E-state index is 13.6. The number of rotatable bonds is 21. The Bertz CT molecular complexity index is 2160. The van der Waals surface area contributed by atoms with Crippen LogP contribution in [0.5, 0.6) is 0 Å². The molecule has 23 nitrogen and oxygen atoms in total. The van der Waals surface area contributed by atoms with E-state index in [-0.39, 0.29) is 49.9 Å². The number of benzene rings is 2. The normalized spacial score (nSPS) is 19.0. The summed E-state index contributed by atoms with van der Waals surface area (Å²) in [7, 11) is 0. The van der Waals surface area contributed by atoms with E-state index in [4.69, 9.17) is 40.0 Å². The van der Waals surface area contributed by atoms with Gasteiger partial charge in [-0.05, 0) is 41.2 Å². The van der Waals surface area contributed by atoms with Crippen molar-refractivity contribution in [3.63, 3.8) is 0 Å². The first kappa shape index (κ1) is 44.1. The third-order valence-corrected chi connectivity index (χ3v) is 9.87. The Morgan fingerprint density at radius 3 is 2.33 bits per heavy atom. The zero-order valence-corrected chi connectivity index (χ0v) is 33.5. The molecule has 2 aliphatic heterocycles. The molecule has 0 saturated carbocycles. The fraction of sp³-hybridized carbons (Fsp3) is 0.486. The van der Waals surface area contributed by atoms with Gasteiger partial charge in [-0.25, -0.2) is 14.6 Å². The standard InChI is InChI=1S/C37H41ClN8O15/c1-3-4-11-29-39-34(38)31(44(29)17-22-13-15-23(16-14-22)25-9-5-6-10-26(25)35-40-42-43-41-35)36(48)57-21(2)58-37(49)60-28-20-55-32-27(19-54-33(28)32)59-30(47)12-7-8-24(61-46(52)53)18-56-45(50)51/h5-6,9-10,13-16,21,24,27-28,32-33H,3-4,7-8,11-12,17-20H2,1-2H3,(H,40,41,42,43)/t21?,24?,27-,28-,32-,33-/m1/s1. The van der Waals surface area contributed by atoms with Crippen LogP contribution in [0.3, 0.4) is 0 Å². The number of imidazole rings is 1. The summed E-state index contributed by atoms with van der Waals surface area (Å²) in [6, 6.07) is 15.4. The van der Waals surface area contributed by atoms with Gasteiger partial charge in [-0.15, -0.1) is 30.4 Å². The Kier molecular flexibility index (Phi) is 15.0. The van der Waals surface area contributed by atoms with Crippen LogP contribution in [0.2, 0.25) is 5.15 Å². The second-order valence-corrected chi connectivity index (χ2v) is 14.2. The number of H-pyrrole nitrogens is 1. The summed E-state index contributed by atoms with van der Waals surface area (Å²) in [6.07, 6.45) is -5.38. The quantitative estimate of drug-likeness (QED) is 0.0397. The lowest BCUT2D eigenvalue weighted by molar-refractivity contribution is -0.790. The summed E-state index contributed by atoms with van der Waals surface area (Å²) in [6.45, 7) is 2.69. The molecule has 61 heavy (non-hydrogen) atoms. The molecule has 2 aliphatic rings. The van der Waals surface area contributed by atoms with E-state index >= 15 is 0 Å². The minimum atomic E-state index is -1.42. The van der Waals surface area contributed by atoms with Crippen molar-refractivity contribution in [1.29, 1.82) is 0 Å². The van der Waals surface area contributed by atoms with Crippen molar-refractivity contribution >= 4 is 29.7 Å². The zero-order chi connectivity index (χ0) is 43.5. The number of halogens is 1. The van der Waals surface area contributed by atoms with Crippen LogP contribution in [0.4, 0.5) is 4.79 Å². The molecule has 1 N–H and O–H groups in total. The maximum atomic E-state index is 13.6. The second kappa shape index (κ2) is 20.7. The first-order valence-electron chi connectivity index (χ1n) is 19.2. The van der Waals surface area contributed by atoms with Gasteiger partial charge in [0.2, 0.25) is 12.1 Å². The van der Waals surface area contributed by atoms with Crippen LogP contribution in [0.1, 0.15) is 67.8 Å². The third-order valence-electron chi connectivity index (χ3n) is 9.61. The molecule has 6 atom stereocenters. The minimum absolute atomic E-state index is 0.0244. The van der Waals surface area contributed by atoms with Crippen molar-refractivity contribution in [3.8, 4) is 22.5 Å². The molecule has 0 bridgehead atoms. The molecule has 0 aliphatic carbocycles. The Balaban J connectivity index is 1.01. The molecule has 2 unspecified atom stereocenters. The SMILES string of the molecule is CCCCc1nc(Cl)c(C(=O)OC(C)OC(=O)O[C@@H]2CO[C@H]3[C@@H]2OC[C@H]3OC(=O)CCCC(CO[N+](=O)[O-])O[N+](=O)[O-])n1Cc1ccc(-c2ccccc2-c2nn[nH]n2)cc1. The molecule has 6 rings (SSSR count). The van der Waals surface area contributed by atoms with Crippen molar-refractivity contribution in [2.45, 2.75) is 95.7 Å². The predicted octanol–water partition coefficient (Wildman–Crippen LogP) is 4.46. The van der Waals surface area contributed by atoms with Gasteiger partial charge in [0.25, 0.3) is 10.2 Å². The van der Waals surface area contributed by atoms with Crippen LogP contribution in [-0.4, -0.2) is 115 Å². The summed E-state index contributed by atoms with van der Waals surface area (Å²) < 4.78 is 34.7. The average Bonchev–Trinajstić information content (AvgIpc) is 4.03. The number of unbranched alkanes of at least 4 members (excludes halogenated alkanes) is 1. The molecule has 4 heterocycles. The van der Waals surface area contributed by atoms with Gasteiger partial charge in [-0.2, -0.15) is 5.21 Å². The number of hydrogen-bond acceptors (Lipinski definition) is 19. The largest absolute Gasteiger partial charge is 0.511 e. The van der Waals surface area contributed by atoms with Gasteiger partial charge in [0, 0.05) is 31.9 Å². The topological polar surface area (TPSA) is 284 Å². The highest BCUT2D eigenvalue weighted by Crippen LogP contribution is 2.32. The summed E-state index contributed by atoms with van der Waals surface area (Å²) in [4.78, 5) is 73.0. The molecule has 2 saturated heterocycles. The van der Waals surface area contributed by atoms with Crippen molar-refractivity contribution < 1.29 is 62.7 Å². The summed E-state index contributed by atoms with van der Waals surface area (Å²) in [5.74, 6) is -0.541. The van der Waals surface area contributed by atoms with E-state index in [1.165, 1.54) is 6.92 Å². The summed E-state index contributed by atoms with van der Waals surface area (Å²) >= 11 is 6.54. The predicted molar refractivity (Wildman–Crippen MR) is 204 cm³/mol. The van der Waals surface area contributed by atoms with Crippen LogP contribution in [0.15, 0.2) is 48.5 Å². The molecule has 4 aromatic rings. The number of carbonyl (C=O) groups is 3. The van der Waals surface area contributed by atoms with Crippen LogP contribution in [0.25, 0.3) is 22.5 Å². The van der Waals surface area contributed by atoms with Crippen molar-refractivity contribution in [2.24, 2.45) is 0 Å². The van der Waals surface area contributed by atoms with Gasteiger partial charge >= 0.3 is 18.1 Å². The molecule has 326 valence electrons. The van der Waals surface area contributed by atoms with Crippen LogP contribution < -0.4 is 0 Å². The lowest BCUT2D eigenvalue weighted by Crippen LogP contribution is -2.36. The Labute approximate surface area is 351 Å². The fourth-order valence-corrected chi connectivity index (χ4v) is 7.09. The van der Waals surface area contributed by atoms with Gasteiger partial charge < -0.3 is 42.7 Å². The molecule has 0 radical (unpaired) electrons. The van der Waals surface area contributed by atoms with E-state index in [1.807, 2.05) is 55.5 Å². The lowest BCUT2D eigenvalue weighted by atomic mass is 9.98. The molecule has 2 fully saturated rings. The van der Waals surface area contributed by atoms with Crippen molar-refractivity contribution in [3.05, 3.63) is 91.0 Å². The summed E-state index contributed by atoms with van der Waals surface area (Å²) in [5.41, 5.74) is 3.43. The Hall–Kier alpha value is -6.46. The number of aromatic amines is 1. The number of aryl methyl sites for hydroxylation is 1. The van der Waals surface area contributed by atoms with E-state index in [1.54, 1.807) is 4.57 Å². The molecule has 0 spiro atoms. The highest BCUT2D eigenvalue weighted by molar-refractivity contribution is 6.32. The van der Waals surface area contributed by atoms with E-state index in [9.17, 15) is 34.6 Å². The smallest absolute Gasteiger partial charge is 0.457 e. The highest BCUT2D eigenvalue weighted by atomic mass is 35.5. The van der Waals surface area contributed by atoms with Gasteiger partial charge in [-0.3, -0.25) is 4.79 Å². The number of aromatic nitrogens is 6. The molecular weight excluding hydrogens is 832 g/mol. The van der Waals surface area contributed by atoms with Gasteiger partial charge in [-0.1, -0.05) is 73.5 Å². The number of tetrazole rings is 1. The van der Waals surface area contributed by atoms with Crippen molar-refractivity contribution in [2.75, 3.05) is 19.8 Å². The molecule has 2 aromatic carbocycles. The zero-order valence-electron chi connectivity index (χ0n) is 32.8. The lowest BCUT2D eigenvalue weighted by Gasteiger charge is -2.19. The van der Waals surface area contributed by atoms with E-state index in [2.05, 4.69) is 35.3 Å². The monoisotopic (exact) mass is 872 g/mol. The Morgan fingerprint density at radius 2 is 1.67 bits per heavy atom. The number of carbonyl (C=O) groups excluding carboxylic acids is 3. The first-order chi connectivity index (χ1) is 29.4. The maximum Gasteiger partial charge on any atom is 0.511 e. The van der Waals surface area contributed by atoms with Gasteiger partial charge in [0.1, 0.15) is 30.7 Å². The highest BCUT2D eigenvalue weighted by Gasteiger charge is 2.51. The van der Waals surface area contributed by atoms with E-state index < -0.39 is 71.7 Å². The molecule has 2 aromatic heterocycles. The Morgan fingerprint density at radius 1 is 0.967 bits per heavy atom. The molecule has 24 heteroatoms. The number of nitrogens with one attached hydrogen (secondary N) is 1. The second-order valence-electron chi connectivity index (χ2n) is 13.8. The number of esters is 2. The van der Waals surface area contributed by atoms with Gasteiger partial charge in [0.15, 0.2) is 23.1 Å². The van der Waals surface area contributed by atoms with E-state index in [0.717, 1.165) is 35.1 Å². The van der Waals surface area contributed by atoms with Gasteiger partial charge in [0.05, 0.1) is 13.2 Å². The van der Waals surface area contributed by atoms with Crippen LogP contribution >= 0.6 is 11.6 Å². The van der Waals surface area contributed by atoms with Crippen LogP contribution in [-0.2, 0) is 55.9 Å². The number of nitrogens with zero attached hydrogens (tertiary/aromatic N) is 7. The number of hydrogen-bond donors (Lipinski definition) is 1. The first-order valence-corrected chi connectivity index (χ1v) is 19.5. The number of ether oxygens (including phenoxy) is 6. The summed E-state index contributed by atoms with van der Waals surface area (Å²) in [5, 5.41) is 33.2. The molecule has 0 amide bonds. The fourth-order valence-electron chi connectivity index (χ4n) is 6.82. The number of fused-ring (bicyclic) bond motifs is 1. The van der Waals surface area contributed by atoms with Crippen molar-refractivity contribution in [1.82, 2.24) is 30.2 Å².